The Bertz CT molecular complexity index is 1040. The number of pyridine rings is 1. The molecule has 0 spiro atoms. The number of aryl methyl sites for hydroxylation is 1. The number of hydrogen-bond acceptors (Lipinski definition) is 4. The number of rotatable bonds is 4. The zero-order valence-electron chi connectivity index (χ0n) is 14.8. The maximum absolute atomic E-state index is 12.9. The summed E-state index contributed by atoms with van der Waals surface area (Å²) < 4.78 is 12.9. The molecule has 130 valence electrons. The van der Waals surface area contributed by atoms with Crippen LogP contribution in [0.25, 0.3) is 21.8 Å². The fourth-order valence-electron chi connectivity index (χ4n) is 2.93. The Morgan fingerprint density at radius 2 is 1.96 bits per heavy atom. The molecule has 0 bridgehead atoms. The Hall–Kier alpha value is -2.95. The SMILES string of the molecule is COc1c(OCC=C(C)C)cc2c(c1O)c(=O)c1ccccc1n2C. The molecule has 2 aromatic carbocycles. The molecule has 3 rings (SSSR count). The van der Waals surface area contributed by atoms with Crippen molar-refractivity contribution in [2.24, 2.45) is 7.05 Å². The summed E-state index contributed by atoms with van der Waals surface area (Å²) in [4.78, 5) is 12.9. The molecule has 0 saturated carbocycles. The van der Waals surface area contributed by atoms with E-state index in [9.17, 15) is 9.90 Å². The molecule has 0 radical (unpaired) electrons. The molecule has 1 N–H and O–H groups in total. The van der Waals surface area contributed by atoms with Crippen molar-refractivity contribution in [3.63, 3.8) is 0 Å². The second-order valence-electron chi connectivity index (χ2n) is 6.15. The van der Waals surface area contributed by atoms with Gasteiger partial charge in [0, 0.05) is 18.5 Å². The van der Waals surface area contributed by atoms with E-state index < -0.39 is 0 Å². The number of allylic oxidation sites excluding steroid dienone is 1. The van der Waals surface area contributed by atoms with Gasteiger partial charge in [0.05, 0.1) is 23.5 Å². The molecule has 5 nitrogen and oxygen atoms in total. The highest BCUT2D eigenvalue weighted by Crippen LogP contribution is 2.42. The van der Waals surface area contributed by atoms with Gasteiger partial charge in [0.2, 0.25) is 11.2 Å². The number of nitrogens with zero attached hydrogens (tertiary/aromatic N) is 1. The van der Waals surface area contributed by atoms with Crippen molar-refractivity contribution in [2.45, 2.75) is 13.8 Å². The lowest BCUT2D eigenvalue weighted by Crippen LogP contribution is -2.10. The highest BCUT2D eigenvalue weighted by Gasteiger charge is 2.20. The van der Waals surface area contributed by atoms with E-state index in [0.29, 0.717) is 23.3 Å². The monoisotopic (exact) mass is 339 g/mol. The Kier molecular flexibility index (Phi) is 4.40. The van der Waals surface area contributed by atoms with Gasteiger partial charge in [-0.2, -0.15) is 0 Å². The number of ether oxygens (including phenoxy) is 2. The second kappa shape index (κ2) is 6.51. The predicted octanol–water partition coefficient (Wildman–Crippen LogP) is 3.75. The number of benzene rings is 2. The van der Waals surface area contributed by atoms with Crippen LogP contribution in [0.4, 0.5) is 0 Å². The summed E-state index contributed by atoms with van der Waals surface area (Å²) in [5.74, 6) is 0.371. The number of phenolic OH excluding ortho intramolecular Hbond substituents is 1. The fourth-order valence-corrected chi connectivity index (χ4v) is 2.93. The van der Waals surface area contributed by atoms with Gasteiger partial charge in [0.25, 0.3) is 0 Å². The van der Waals surface area contributed by atoms with Crippen molar-refractivity contribution < 1.29 is 14.6 Å². The van der Waals surface area contributed by atoms with Gasteiger partial charge in [-0.15, -0.1) is 0 Å². The van der Waals surface area contributed by atoms with Gasteiger partial charge >= 0.3 is 0 Å². The third kappa shape index (κ3) is 2.82. The van der Waals surface area contributed by atoms with Crippen molar-refractivity contribution in [3.8, 4) is 17.2 Å². The molecule has 25 heavy (non-hydrogen) atoms. The van der Waals surface area contributed by atoms with Gasteiger partial charge in [0.15, 0.2) is 11.5 Å². The maximum atomic E-state index is 12.9. The summed E-state index contributed by atoms with van der Waals surface area (Å²) in [6.07, 6.45) is 1.93. The van der Waals surface area contributed by atoms with Crippen LogP contribution in [-0.2, 0) is 7.05 Å². The summed E-state index contributed by atoms with van der Waals surface area (Å²) in [6.45, 7) is 4.31. The van der Waals surface area contributed by atoms with Crippen LogP contribution in [0, 0.1) is 0 Å². The standard InChI is InChI=1S/C20H21NO4/c1-12(2)9-10-25-16-11-15-17(19(23)20(16)24-4)18(22)13-7-5-6-8-14(13)21(15)3/h5-9,11,23H,10H2,1-4H3. The van der Waals surface area contributed by atoms with Gasteiger partial charge in [0.1, 0.15) is 6.61 Å². The number of methoxy groups -OCH3 is 1. The lowest BCUT2D eigenvalue weighted by atomic mass is 10.1. The van der Waals surface area contributed by atoms with Crippen LogP contribution in [-0.4, -0.2) is 23.4 Å². The van der Waals surface area contributed by atoms with Crippen LogP contribution in [0.3, 0.4) is 0 Å². The molecule has 0 fully saturated rings. The highest BCUT2D eigenvalue weighted by atomic mass is 16.5. The normalized spacial score (nSPS) is 10.9. The summed E-state index contributed by atoms with van der Waals surface area (Å²) in [5.41, 5.74) is 2.28. The van der Waals surface area contributed by atoms with Crippen LogP contribution in [0.5, 0.6) is 17.2 Å². The van der Waals surface area contributed by atoms with Gasteiger partial charge < -0.3 is 19.1 Å². The zero-order valence-corrected chi connectivity index (χ0v) is 14.8. The van der Waals surface area contributed by atoms with Gasteiger partial charge in [-0.05, 0) is 32.1 Å². The minimum Gasteiger partial charge on any atom is -0.504 e. The Labute approximate surface area is 145 Å². The Morgan fingerprint density at radius 1 is 1.24 bits per heavy atom. The average molecular weight is 339 g/mol. The van der Waals surface area contributed by atoms with Crippen molar-refractivity contribution in [3.05, 3.63) is 52.2 Å². The van der Waals surface area contributed by atoms with Crippen LogP contribution in [0.2, 0.25) is 0 Å². The maximum Gasteiger partial charge on any atom is 0.204 e. The molecule has 0 aliphatic carbocycles. The minimum atomic E-state index is -0.227. The molecule has 0 atom stereocenters. The highest BCUT2D eigenvalue weighted by molar-refractivity contribution is 5.98. The molecule has 0 amide bonds. The first-order valence-electron chi connectivity index (χ1n) is 8.03. The van der Waals surface area contributed by atoms with E-state index in [1.807, 2.05) is 43.7 Å². The molecule has 0 aliphatic rings. The summed E-state index contributed by atoms with van der Waals surface area (Å²) in [5, 5.41) is 11.4. The van der Waals surface area contributed by atoms with E-state index in [4.69, 9.17) is 9.47 Å². The average Bonchev–Trinajstić information content (AvgIpc) is 2.59. The Morgan fingerprint density at radius 3 is 2.64 bits per heavy atom. The number of phenols is 1. The van der Waals surface area contributed by atoms with Gasteiger partial charge in [-0.3, -0.25) is 4.79 Å². The Balaban J connectivity index is 2.34. The van der Waals surface area contributed by atoms with E-state index in [0.717, 1.165) is 11.1 Å². The summed E-state index contributed by atoms with van der Waals surface area (Å²) in [6, 6.07) is 9.05. The van der Waals surface area contributed by atoms with E-state index in [-0.39, 0.29) is 22.3 Å². The summed E-state index contributed by atoms with van der Waals surface area (Å²) in [7, 11) is 3.30. The van der Waals surface area contributed by atoms with Crippen LogP contribution in [0.15, 0.2) is 46.8 Å². The van der Waals surface area contributed by atoms with Gasteiger partial charge in [-0.1, -0.05) is 17.7 Å². The van der Waals surface area contributed by atoms with E-state index in [1.165, 1.54) is 7.11 Å². The number of hydrogen-bond donors (Lipinski definition) is 1. The van der Waals surface area contributed by atoms with Crippen LogP contribution in [0.1, 0.15) is 13.8 Å². The first-order valence-corrected chi connectivity index (χ1v) is 8.03. The number of para-hydroxylation sites is 1. The predicted molar refractivity (Wildman–Crippen MR) is 99.8 cm³/mol. The van der Waals surface area contributed by atoms with Crippen molar-refractivity contribution in [2.75, 3.05) is 13.7 Å². The molecule has 1 heterocycles. The number of fused-ring (bicyclic) bond motifs is 2. The molecule has 0 saturated heterocycles. The second-order valence-corrected chi connectivity index (χ2v) is 6.15. The molecular weight excluding hydrogens is 318 g/mol. The fraction of sp³-hybridized carbons (Fsp3) is 0.250. The van der Waals surface area contributed by atoms with Crippen LogP contribution >= 0.6 is 0 Å². The van der Waals surface area contributed by atoms with E-state index >= 15 is 0 Å². The largest absolute Gasteiger partial charge is 0.504 e. The lowest BCUT2D eigenvalue weighted by Gasteiger charge is -2.16. The first-order chi connectivity index (χ1) is 12.0. The number of aromatic hydroxyl groups is 1. The quantitative estimate of drug-likeness (QED) is 0.581. The first kappa shape index (κ1) is 16.9. The van der Waals surface area contributed by atoms with E-state index in [2.05, 4.69) is 0 Å². The van der Waals surface area contributed by atoms with Crippen molar-refractivity contribution >= 4 is 21.8 Å². The third-order valence-corrected chi connectivity index (χ3v) is 4.23. The number of aromatic nitrogens is 1. The molecule has 5 heteroatoms. The minimum absolute atomic E-state index is 0.169. The zero-order chi connectivity index (χ0) is 18.1. The van der Waals surface area contributed by atoms with E-state index in [1.54, 1.807) is 18.2 Å². The third-order valence-electron chi connectivity index (χ3n) is 4.23. The van der Waals surface area contributed by atoms with Gasteiger partial charge in [-0.25, -0.2) is 0 Å². The topological polar surface area (TPSA) is 60.7 Å². The molecule has 0 unspecified atom stereocenters. The van der Waals surface area contributed by atoms with Crippen LogP contribution < -0.4 is 14.9 Å². The van der Waals surface area contributed by atoms with Crippen molar-refractivity contribution in [1.29, 1.82) is 0 Å². The smallest absolute Gasteiger partial charge is 0.204 e. The van der Waals surface area contributed by atoms with Crippen molar-refractivity contribution in [1.82, 2.24) is 4.57 Å². The lowest BCUT2D eigenvalue weighted by molar-refractivity contribution is 0.313. The summed E-state index contributed by atoms with van der Waals surface area (Å²) >= 11 is 0. The molecular formula is C20H21NO4. The molecule has 3 aromatic rings. The molecule has 1 aromatic heterocycles. The molecule has 0 aliphatic heterocycles.